The summed E-state index contributed by atoms with van der Waals surface area (Å²) < 4.78 is 26.9. The van der Waals surface area contributed by atoms with Gasteiger partial charge >= 0.3 is 0 Å². The van der Waals surface area contributed by atoms with Gasteiger partial charge in [0.15, 0.2) is 0 Å². The number of carbonyl (C=O) groups is 2. The molecule has 3 N–H and O–H groups in total. The van der Waals surface area contributed by atoms with Gasteiger partial charge in [-0.3, -0.25) is 9.59 Å². The van der Waals surface area contributed by atoms with Crippen LogP contribution < -0.4 is 10.5 Å². The highest BCUT2D eigenvalue weighted by Gasteiger charge is 2.22. The van der Waals surface area contributed by atoms with Gasteiger partial charge < -0.3 is 5.73 Å². The molecule has 0 aliphatic carbocycles. The van der Waals surface area contributed by atoms with E-state index in [2.05, 4.69) is 0 Å². The number of benzene rings is 2. The summed E-state index contributed by atoms with van der Waals surface area (Å²) in [6.45, 7) is 1.89. The van der Waals surface area contributed by atoms with E-state index in [9.17, 15) is 18.0 Å². The Hall–Kier alpha value is -2.38. The average molecular weight is 381 g/mol. The van der Waals surface area contributed by atoms with Crippen LogP contribution in [0, 0.1) is 0 Å². The second kappa shape index (κ2) is 7.67. The SMILES string of the molecule is CCCc1cc(S(=O)(=O)NC(=O)c2ccccc2Cl)ccc1C(N)=O. The third kappa shape index (κ3) is 4.37. The van der Waals surface area contributed by atoms with Crippen molar-refractivity contribution in [3.05, 3.63) is 64.2 Å². The van der Waals surface area contributed by atoms with Crippen molar-refractivity contribution in [1.82, 2.24) is 4.72 Å². The standard InChI is InChI=1S/C17H17ClN2O4S/c1-2-5-11-10-12(8-9-13(11)16(19)21)25(23,24)20-17(22)14-6-3-4-7-15(14)18/h3-4,6-10H,2,5H2,1H3,(H2,19,21)(H,20,22). The summed E-state index contributed by atoms with van der Waals surface area (Å²) in [5.41, 5.74) is 6.13. The van der Waals surface area contributed by atoms with Crippen LogP contribution in [0.4, 0.5) is 0 Å². The van der Waals surface area contributed by atoms with Crippen LogP contribution in [-0.2, 0) is 16.4 Å². The summed E-state index contributed by atoms with van der Waals surface area (Å²) in [7, 11) is -4.12. The van der Waals surface area contributed by atoms with Crippen molar-refractivity contribution in [3.63, 3.8) is 0 Å². The zero-order chi connectivity index (χ0) is 18.6. The van der Waals surface area contributed by atoms with Crippen molar-refractivity contribution < 1.29 is 18.0 Å². The number of aryl methyl sites for hydroxylation is 1. The molecular weight excluding hydrogens is 364 g/mol. The van der Waals surface area contributed by atoms with Gasteiger partial charge in [0, 0.05) is 5.56 Å². The lowest BCUT2D eigenvalue weighted by molar-refractivity contribution is 0.0977. The first-order chi connectivity index (χ1) is 11.8. The number of primary amides is 1. The van der Waals surface area contributed by atoms with Crippen LogP contribution in [0.15, 0.2) is 47.4 Å². The molecule has 0 spiro atoms. The van der Waals surface area contributed by atoms with Crippen LogP contribution in [0.2, 0.25) is 5.02 Å². The maximum Gasteiger partial charge on any atom is 0.266 e. The number of nitrogens with one attached hydrogen (secondary N) is 1. The summed E-state index contributed by atoms with van der Waals surface area (Å²) in [6.07, 6.45) is 1.19. The monoisotopic (exact) mass is 380 g/mol. The third-order valence-electron chi connectivity index (χ3n) is 3.52. The number of rotatable bonds is 6. The molecule has 2 rings (SSSR count). The fourth-order valence-electron chi connectivity index (χ4n) is 2.34. The fraction of sp³-hybridized carbons (Fsp3) is 0.176. The molecule has 6 nitrogen and oxygen atoms in total. The van der Waals surface area contributed by atoms with Gasteiger partial charge in [-0.25, -0.2) is 13.1 Å². The van der Waals surface area contributed by atoms with Crippen LogP contribution in [0.1, 0.15) is 39.6 Å². The number of carbonyl (C=O) groups excluding carboxylic acids is 2. The molecule has 0 aromatic heterocycles. The molecule has 132 valence electrons. The predicted molar refractivity (Wildman–Crippen MR) is 95.1 cm³/mol. The molecule has 0 heterocycles. The summed E-state index contributed by atoms with van der Waals surface area (Å²) >= 11 is 5.91. The molecule has 0 aliphatic heterocycles. The first-order valence-electron chi connectivity index (χ1n) is 7.50. The Morgan fingerprint density at radius 3 is 2.40 bits per heavy atom. The molecule has 0 aliphatic rings. The van der Waals surface area contributed by atoms with Gasteiger partial charge in [0.05, 0.1) is 15.5 Å². The molecule has 2 aromatic carbocycles. The van der Waals surface area contributed by atoms with E-state index >= 15 is 0 Å². The van der Waals surface area contributed by atoms with Gasteiger partial charge in [-0.2, -0.15) is 0 Å². The maximum atomic E-state index is 12.5. The minimum Gasteiger partial charge on any atom is -0.366 e. The molecule has 0 unspecified atom stereocenters. The van der Waals surface area contributed by atoms with Gasteiger partial charge in [-0.05, 0) is 42.3 Å². The molecule has 0 fully saturated rings. The Morgan fingerprint density at radius 1 is 1.12 bits per heavy atom. The topological polar surface area (TPSA) is 106 Å². The lowest BCUT2D eigenvalue weighted by atomic mass is 10.0. The Bertz CT molecular complexity index is 926. The van der Waals surface area contributed by atoms with Crippen molar-refractivity contribution >= 4 is 33.4 Å². The van der Waals surface area contributed by atoms with E-state index in [1.807, 2.05) is 11.6 Å². The van der Waals surface area contributed by atoms with E-state index < -0.39 is 21.8 Å². The molecule has 0 atom stereocenters. The van der Waals surface area contributed by atoms with Crippen LogP contribution in [0.5, 0.6) is 0 Å². The molecular formula is C17H17ClN2O4S. The second-order valence-electron chi connectivity index (χ2n) is 5.35. The first kappa shape index (κ1) is 19.0. The second-order valence-corrected chi connectivity index (χ2v) is 7.44. The minimum atomic E-state index is -4.12. The van der Waals surface area contributed by atoms with Crippen molar-refractivity contribution in [2.24, 2.45) is 5.73 Å². The van der Waals surface area contributed by atoms with Gasteiger partial charge in [0.1, 0.15) is 0 Å². The maximum absolute atomic E-state index is 12.5. The number of nitrogens with two attached hydrogens (primary N) is 1. The quantitative estimate of drug-likeness (QED) is 0.802. The first-order valence-corrected chi connectivity index (χ1v) is 9.36. The van der Waals surface area contributed by atoms with Crippen LogP contribution in [0.3, 0.4) is 0 Å². The van der Waals surface area contributed by atoms with Gasteiger partial charge in [0.2, 0.25) is 5.91 Å². The molecule has 0 bridgehead atoms. The van der Waals surface area contributed by atoms with Crippen molar-refractivity contribution in [2.45, 2.75) is 24.7 Å². The molecule has 0 radical (unpaired) electrons. The third-order valence-corrected chi connectivity index (χ3v) is 5.18. The molecule has 2 amide bonds. The molecule has 0 saturated carbocycles. The van der Waals surface area contributed by atoms with Crippen LogP contribution in [0.25, 0.3) is 0 Å². The average Bonchev–Trinajstić information content (AvgIpc) is 2.54. The molecule has 0 saturated heterocycles. The van der Waals surface area contributed by atoms with E-state index in [0.717, 1.165) is 0 Å². The Labute approximate surface area is 151 Å². The van der Waals surface area contributed by atoms with E-state index in [1.165, 1.54) is 30.3 Å². The number of sulfonamides is 1. The van der Waals surface area contributed by atoms with Crippen molar-refractivity contribution in [1.29, 1.82) is 0 Å². The summed E-state index contributed by atoms with van der Waals surface area (Å²) in [6, 6.07) is 10.1. The largest absolute Gasteiger partial charge is 0.366 e. The zero-order valence-corrected chi connectivity index (χ0v) is 15.0. The lowest BCUT2D eigenvalue weighted by Gasteiger charge is -2.11. The number of amides is 2. The number of hydrogen-bond donors (Lipinski definition) is 2. The summed E-state index contributed by atoms with van der Waals surface area (Å²) in [5.74, 6) is -1.46. The van der Waals surface area contributed by atoms with Gasteiger partial charge in [-0.15, -0.1) is 0 Å². The Kier molecular flexibility index (Phi) is 5.81. The van der Waals surface area contributed by atoms with Crippen LogP contribution in [-0.4, -0.2) is 20.2 Å². The summed E-state index contributed by atoms with van der Waals surface area (Å²) in [5, 5.41) is 0.144. The molecule has 2 aromatic rings. The highest BCUT2D eigenvalue weighted by atomic mass is 35.5. The Balaban J connectivity index is 2.36. The number of halogens is 1. The van der Waals surface area contributed by atoms with Gasteiger partial charge in [0.25, 0.3) is 15.9 Å². The normalized spacial score (nSPS) is 11.1. The van der Waals surface area contributed by atoms with Crippen molar-refractivity contribution in [2.75, 3.05) is 0 Å². The highest BCUT2D eigenvalue weighted by Crippen LogP contribution is 2.19. The predicted octanol–water partition coefficient (Wildman–Crippen LogP) is 2.51. The van der Waals surface area contributed by atoms with E-state index in [4.69, 9.17) is 17.3 Å². The molecule has 8 heteroatoms. The fourth-order valence-corrected chi connectivity index (χ4v) is 3.57. The highest BCUT2D eigenvalue weighted by molar-refractivity contribution is 7.90. The smallest absolute Gasteiger partial charge is 0.266 e. The van der Waals surface area contributed by atoms with E-state index in [1.54, 1.807) is 12.1 Å². The van der Waals surface area contributed by atoms with E-state index in [0.29, 0.717) is 18.4 Å². The minimum absolute atomic E-state index is 0.0512. The number of hydrogen-bond acceptors (Lipinski definition) is 4. The lowest BCUT2D eigenvalue weighted by Crippen LogP contribution is -2.31. The molecule has 25 heavy (non-hydrogen) atoms. The van der Waals surface area contributed by atoms with Gasteiger partial charge in [-0.1, -0.05) is 37.1 Å². The zero-order valence-electron chi connectivity index (χ0n) is 13.5. The van der Waals surface area contributed by atoms with Crippen molar-refractivity contribution in [3.8, 4) is 0 Å². The van der Waals surface area contributed by atoms with E-state index in [-0.39, 0.29) is 21.0 Å². The Morgan fingerprint density at radius 2 is 1.80 bits per heavy atom. The van der Waals surface area contributed by atoms with Crippen LogP contribution >= 0.6 is 11.6 Å². The summed E-state index contributed by atoms with van der Waals surface area (Å²) in [4.78, 5) is 23.5.